The quantitative estimate of drug-likeness (QED) is 0.0400. The summed E-state index contributed by atoms with van der Waals surface area (Å²) in [7, 11) is 4.69. The third-order valence-corrected chi connectivity index (χ3v) is 15.4. The van der Waals surface area contributed by atoms with Crippen LogP contribution >= 0.6 is 0 Å². The van der Waals surface area contributed by atoms with Gasteiger partial charge < -0.3 is 98.1 Å². The van der Waals surface area contributed by atoms with Gasteiger partial charge in [0.15, 0.2) is 17.3 Å². The van der Waals surface area contributed by atoms with Crippen molar-refractivity contribution >= 4 is 53.0 Å². The molecule has 3 aliphatic heterocycles. The number of piperazine rings is 1. The number of ketones is 4. The fourth-order valence-corrected chi connectivity index (χ4v) is 10.2. The standard InChI is InChI=1S/C39H48N6O12.C24H50O12/c1-7-24(46)12-18(2)35(51)42-21(5)36(52)43-26(14-29(40)48)28(47)13-22-8-10-23(11-9-22)16-57-38(54)45-27-15-44-31-30(32(49)19(3)20(4)33(31)50)25(17-56-37(41)53)39(44,55-6)34(27)45;1-25-3-5-27-7-9-29-11-13-31-15-17-33-19-21-35-23-24-36-22-20-34-18-16-32-14-12-30-10-8-28-6-4-26-2/h8-11,18,21,25-27,34H,7,12-17H2,1-6H3,(H2,40,48)(H2,41,53)(H,42,51)(H,43,52);3-24H2,1-2H3/t18-,21+,25-,26+,27+,34+,39-,45?;/m0./s1. The van der Waals surface area contributed by atoms with Gasteiger partial charge in [0, 0.05) is 69.8 Å². The van der Waals surface area contributed by atoms with Crippen LogP contribution in [-0.4, -0.2) is 273 Å². The van der Waals surface area contributed by atoms with E-state index in [0.29, 0.717) is 162 Å². The molecule has 5 rings (SSSR count). The van der Waals surface area contributed by atoms with E-state index in [1.165, 1.54) is 18.9 Å². The van der Waals surface area contributed by atoms with E-state index in [1.54, 1.807) is 71.1 Å². The van der Waals surface area contributed by atoms with Crippen molar-refractivity contribution < 1.29 is 114 Å². The Morgan fingerprint density at radius 3 is 1.42 bits per heavy atom. The first-order valence-electron chi connectivity index (χ1n) is 31.3. The molecule has 1 aromatic rings. The monoisotopic (exact) mass is 1320 g/mol. The van der Waals surface area contributed by atoms with Gasteiger partial charge in [0.25, 0.3) is 0 Å². The van der Waals surface area contributed by atoms with Gasteiger partial charge in [0.05, 0.1) is 175 Å². The summed E-state index contributed by atoms with van der Waals surface area (Å²) < 4.78 is 80.6. The van der Waals surface area contributed by atoms with Crippen molar-refractivity contribution in [1.82, 2.24) is 20.4 Å². The molecule has 3 heterocycles. The van der Waals surface area contributed by atoms with E-state index in [9.17, 15) is 43.2 Å². The van der Waals surface area contributed by atoms with E-state index in [-0.39, 0.29) is 73.2 Å². The molecule has 1 aliphatic carbocycles. The van der Waals surface area contributed by atoms with Crippen LogP contribution in [-0.2, 0) is 118 Å². The SMILES string of the molecule is CCC(=O)C[C@H](C)C(=O)N[C@H](C)C(=O)N[C@H](CC(N)=O)C(=O)Cc1ccc(COC(=O)N2[C@@H]3CN4C5=C(C(=O)C(C)=C(C)C5=O)[C@H](COC(N)=O)[C@]4(OC)[C@@H]32)cc1.COCCOCCOCCOCCOCCOCCOCCOCCOCCOCCOCCOC. The van der Waals surface area contributed by atoms with Crippen LogP contribution in [0.5, 0.6) is 0 Å². The van der Waals surface area contributed by atoms with Gasteiger partial charge in [-0.3, -0.25) is 38.5 Å². The normalized spacial score (nSPS) is 18.9. The van der Waals surface area contributed by atoms with Crippen molar-refractivity contribution in [3.8, 4) is 0 Å². The molecule has 0 unspecified atom stereocenters. The first kappa shape index (κ1) is 79.1. The van der Waals surface area contributed by atoms with E-state index >= 15 is 0 Å². The number of methoxy groups -OCH3 is 3. The molecule has 6 N–H and O–H groups in total. The first-order valence-corrected chi connectivity index (χ1v) is 31.3. The zero-order chi connectivity index (χ0) is 68.1. The van der Waals surface area contributed by atoms with Crippen molar-refractivity contribution in [1.29, 1.82) is 0 Å². The average molecular weight is 1320 g/mol. The van der Waals surface area contributed by atoms with Gasteiger partial charge in [-0.25, -0.2) is 9.59 Å². The number of nitrogens with two attached hydrogens (primary N) is 2. The molecule has 0 bridgehead atoms. The van der Waals surface area contributed by atoms with Gasteiger partial charge >= 0.3 is 12.2 Å². The molecule has 2 fully saturated rings. The van der Waals surface area contributed by atoms with Gasteiger partial charge in [0.1, 0.15) is 31.1 Å². The second kappa shape index (κ2) is 43.6. The Bertz CT molecular complexity index is 2570. The molecule has 0 radical (unpaired) electrons. The molecule has 2 saturated heterocycles. The number of rotatable bonds is 50. The Labute approximate surface area is 543 Å². The van der Waals surface area contributed by atoms with Crippen LogP contribution < -0.4 is 22.1 Å². The minimum atomic E-state index is -1.40. The zero-order valence-corrected chi connectivity index (χ0v) is 55.1. The van der Waals surface area contributed by atoms with Crippen LogP contribution in [0.3, 0.4) is 0 Å². The molecule has 93 heavy (non-hydrogen) atoms. The Hall–Kier alpha value is -6.39. The molecule has 0 saturated carbocycles. The van der Waals surface area contributed by atoms with Crippen molar-refractivity contribution in [2.75, 3.05) is 180 Å². The summed E-state index contributed by atoms with van der Waals surface area (Å²) in [5.74, 6) is -4.95. The van der Waals surface area contributed by atoms with Crippen molar-refractivity contribution in [2.24, 2.45) is 23.3 Å². The Morgan fingerprint density at radius 2 is 1.01 bits per heavy atom. The maximum atomic E-state index is 13.5. The fraction of sp³-hybridized carbons (Fsp3) is 0.698. The molecule has 1 aromatic carbocycles. The zero-order valence-electron chi connectivity index (χ0n) is 55.1. The number of Topliss-reactive ketones (excluding diaryl/α,β-unsaturated/α-hetero) is 4. The summed E-state index contributed by atoms with van der Waals surface area (Å²) in [6, 6.07) is 3.12. The number of hydrogen-bond acceptors (Lipinski definition) is 25. The third kappa shape index (κ3) is 26.0. The number of nitrogens with one attached hydrogen (secondary N) is 2. The lowest BCUT2D eigenvalue weighted by molar-refractivity contribution is -0.144. The van der Waals surface area contributed by atoms with Crippen LogP contribution in [0.2, 0.25) is 0 Å². The number of carbonyl (C=O) groups is 9. The van der Waals surface area contributed by atoms with Crippen LogP contribution in [0.25, 0.3) is 0 Å². The average Bonchev–Trinajstić information content (AvgIpc) is 1.49. The molecule has 5 amide bonds. The molecule has 524 valence electrons. The number of amides is 5. The van der Waals surface area contributed by atoms with Crippen LogP contribution in [0.4, 0.5) is 9.59 Å². The predicted molar refractivity (Wildman–Crippen MR) is 330 cm³/mol. The number of ether oxygens (including phenoxy) is 15. The Kier molecular flexibility index (Phi) is 37.0. The van der Waals surface area contributed by atoms with E-state index in [1.807, 2.05) is 0 Å². The number of nitrogens with zero attached hydrogens (tertiary/aromatic N) is 2. The number of benzene rings is 1. The van der Waals surface area contributed by atoms with Gasteiger partial charge in [-0.1, -0.05) is 38.1 Å². The summed E-state index contributed by atoms with van der Waals surface area (Å²) in [6.45, 7) is 19.4. The molecule has 30 heteroatoms. The highest BCUT2D eigenvalue weighted by Crippen LogP contribution is 2.60. The van der Waals surface area contributed by atoms with Crippen molar-refractivity contribution in [3.63, 3.8) is 0 Å². The minimum Gasteiger partial charge on any atom is -0.449 e. The summed E-state index contributed by atoms with van der Waals surface area (Å²) in [5.41, 5.74) is 11.2. The molecule has 0 aromatic heterocycles. The molecule has 7 atom stereocenters. The number of hydrogen-bond donors (Lipinski definition) is 4. The molecule has 4 aliphatic rings. The minimum absolute atomic E-state index is 0.0243. The second-order valence-electron chi connectivity index (χ2n) is 21.9. The van der Waals surface area contributed by atoms with Crippen LogP contribution in [0.15, 0.2) is 46.7 Å². The predicted octanol–water partition coefficient (Wildman–Crippen LogP) is 0.929. The Morgan fingerprint density at radius 1 is 0.581 bits per heavy atom. The highest BCUT2D eigenvalue weighted by Gasteiger charge is 2.78. The van der Waals surface area contributed by atoms with E-state index < -0.39 is 83.8 Å². The summed E-state index contributed by atoms with van der Waals surface area (Å²) in [5, 5.41) is 5.01. The maximum absolute atomic E-state index is 13.5. The number of primary amides is 2. The summed E-state index contributed by atoms with van der Waals surface area (Å²) in [6.07, 6.45) is -2.10. The van der Waals surface area contributed by atoms with Crippen molar-refractivity contribution in [3.05, 3.63) is 57.8 Å². The Balaban J connectivity index is 0.000000443. The highest BCUT2D eigenvalue weighted by atomic mass is 16.6. The number of allylic oxidation sites excluding steroid dienone is 2. The van der Waals surface area contributed by atoms with E-state index in [0.717, 1.165) is 0 Å². The molecular formula is C63H98N6O24. The highest BCUT2D eigenvalue weighted by molar-refractivity contribution is 6.25. The van der Waals surface area contributed by atoms with Gasteiger partial charge in [-0.05, 0) is 31.9 Å². The van der Waals surface area contributed by atoms with E-state index in [2.05, 4.69) is 10.6 Å². The largest absolute Gasteiger partial charge is 0.449 e. The van der Waals surface area contributed by atoms with Gasteiger partial charge in [-0.2, -0.15) is 0 Å². The first-order chi connectivity index (χ1) is 44.8. The lowest BCUT2D eigenvalue weighted by Gasteiger charge is -2.40. The molecular weight excluding hydrogens is 1220 g/mol. The van der Waals surface area contributed by atoms with Crippen molar-refractivity contribution in [2.45, 2.75) is 96.8 Å². The smallest absolute Gasteiger partial charge is 0.410 e. The molecule has 0 spiro atoms. The topological polar surface area (TPSA) is 374 Å². The molecule has 30 nitrogen and oxygen atoms in total. The maximum Gasteiger partial charge on any atom is 0.410 e. The summed E-state index contributed by atoms with van der Waals surface area (Å²) >= 11 is 0. The van der Waals surface area contributed by atoms with E-state index in [4.69, 9.17) is 82.5 Å². The lowest BCUT2D eigenvalue weighted by atomic mass is 9.81. The van der Waals surface area contributed by atoms with Gasteiger partial charge in [-0.15, -0.1) is 0 Å². The van der Waals surface area contributed by atoms with Crippen LogP contribution in [0, 0.1) is 11.8 Å². The van der Waals surface area contributed by atoms with Crippen LogP contribution in [0.1, 0.15) is 65.0 Å². The van der Waals surface area contributed by atoms with Gasteiger partial charge in [0.2, 0.25) is 23.5 Å². The lowest BCUT2D eigenvalue weighted by Crippen LogP contribution is -2.56. The third-order valence-electron chi connectivity index (χ3n) is 15.4. The second-order valence-corrected chi connectivity index (χ2v) is 21.9. The number of carbonyl (C=O) groups excluding carboxylic acids is 9. The summed E-state index contributed by atoms with van der Waals surface area (Å²) in [4.78, 5) is 117. The fourth-order valence-electron chi connectivity index (χ4n) is 10.2. The number of fused-ring (bicyclic) bond motifs is 4.